The van der Waals surface area contributed by atoms with Crippen molar-refractivity contribution in [1.82, 2.24) is 0 Å². The largest absolute Gasteiger partial charge is 0.388 e. The highest BCUT2D eigenvalue weighted by molar-refractivity contribution is 5.85. The van der Waals surface area contributed by atoms with E-state index in [2.05, 4.69) is 46.8 Å². The highest BCUT2D eigenvalue weighted by Gasteiger charge is 2.23. The molecule has 0 radical (unpaired) electrons. The van der Waals surface area contributed by atoms with Crippen LogP contribution in [0.4, 0.5) is 0 Å². The number of aliphatic hydroxyl groups excluding tert-OH is 1. The molecule has 3 heteroatoms. The molecular formula is C16H28ClNO. The Hall–Kier alpha value is -0.570. The molecule has 1 aromatic carbocycles. The van der Waals surface area contributed by atoms with Gasteiger partial charge in [-0.15, -0.1) is 12.4 Å². The van der Waals surface area contributed by atoms with Crippen LogP contribution < -0.4 is 5.73 Å². The highest BCUT2D eigenvalue weighted by atomic mass is 35.5. The summed E-state index contributed by atoms with van der Waals surface area (Å²) >= 11 is 0. The first-order chi connectivity index (χ1) is 8.21. The summed E-state index contributed by atoms with van der Waals surface area (Å²) in [5, 5.41) is 10.2. The van der Waals surface area contributed by atoms with Crippen LogP contribution in [0.15, 0.2) is 24.3 Å². The van der Waals surface area contributed by atoms with E-state index in [0.29, 0.717) is 12.3 Å². The number of benzene rings is 1. The molecule has 3 N–H and O–H groups in total. The number of nitrogens with two attached hydrogens (primary N) is 1. The predicted octanol–water partition coefficient (Wildman–Crippen LogP) is 4.03. The van der Waals surface area contributed by atoms with Gasteiger partial charge in [0.2, 0.25) is 0 Å². The molecular weight excluding hydrogens is 258 g/mol. The van der Waals surface area contributed by atoms with E-state index in [4.69, 9.17) is 5.73 Å². The zero-order valence-corrected chi connectivity index (χ0v) is 13.5. The van der Waals surface area contributed by atoms with Crippen LogP contribution in [0.5, 0.6) is 0 Å². The van der Waals surface area contributed by atoms with Crippen molar-refractivity contribution in [3.05, 3.63) is 35.4 Å². The summed E-state index contributed by atoms with van der Waals surface area (Å²) in [4.78, 5) is 0. The molecule has 0 fully saturated rings. The van der Waals surface area contributed by atoms with Gasteiger partial charge in [-0.25, -0.2) is 0 Å². The first-order valence-corrected chi connectivity index (χ1v) is 6.75. The van der Waals surface area contributed by atoms with Gasteiger partial charge in [0.25, 0.3) is 0 Å². The van der Waals surface area contributed by atoms with E-state index in [1.807, 2.05) is 12.1 Å². The van der Waals surface area contributed by atoms with Crippen LogP contribution in [0.2, 0.25) is 0 Å². The Kier molecular flexibility index (Phi) is 7.06. The number of hydrogen-bond donors (Lipinski definition) is 2. The third-order valence-electron chi connectivity index (χ3n) is 3.58. The lowest BCUT2D eigenvalue weighted by molar-refractivity contribution is 0.133. The maximum absolute atomic E-state index is 10.2. The van der Waals surface area contributed by atoms with Crippen molar-refractivity contribution in [2.45, 2.75) is 59.1 Å². The van der Waals surface area contributed by atoms with E-state index < -0.39 is 6.10 Å². The van der Waals surface area contributed by atoms with Crippen molar-refractivity contribution < 1.29 is 5.11 Å². The second-order valence-corrected chi connectivity index (χ2v) is 6.55. The summed E-state index contributed by atoms with van der Waals surface area (Å²) in [7, 11) is 0. The van der Waals surface area contributed by atoms with E-state index in [-0.39, 0.29) is 23.9 Å². The number of halogens is 1. The Morgan fingerprint density at radius 2 is 1.47 bits per heavy atom. The van der Waals surface area contributed by atoms with E-state index in [1.165, 1.54) is 5.56 Å². The van der Waals surface area contributed by atoms with Crippen molar-refractivity contribution in [2.75, 3.05) is 0 Å². The maximum atomic E-state index is 10.2. The van der Waals surface area contributed by atoms with Gasteiger partial charge in [-0.2, -0.15) is 0 Å². The van der Waals surface area contributed by atoms with Gasteiger partial charge in [-0.3, -0.25) is 0 Å². The molecule has 0 aliphatic rings. The molecule has 0 spiro atoms. The van der Waals surface area contributed by atoms with Crippen LogP contribution in [0.25, 0.3) is 0 Å². The summed E-state index contributed by atoms with van der Waals surface area (Å²) < 4.78 is 0. The molecule has 2 atom stereocenters. The Labute approximate surface area is 123 Å². The zero-order chi connectivity index (χ0) is 13.9. The first-order valence-electron chi connectivity index (χ1n) is 6.75. The Morgan fingerprint density at radius 3 is 1.84 bits per heavy atom. The van der Waals surface area contributed by atoms with Gasteiger partial charge in [-0.1, -0.05) is 58.9 Å². The number of hydrogen-bond acceptors (Lipinski definition) is 2. The average molecular weight is 286 g/mol. The molecule has 0 unspecified atom stereocenters. The summed E-state index contributed by atoms with van der Waals surface area (Å²) in [5.74, 6) is 0.521. The van der Waals surface area contributed by atoms with Crippen molar-refractivity contribution >= 4 is 12.4 Å². The second-order valence-electron chi connectivity index (χ2n) is 6.55. The third-order valence-corrected chi connectivity index (χ3v) is 3.58. The van der Waals surface area contributed by atoms with E-state index in [1.54, 1.807) is 0 Å². The fourth-order valence-corrected chi connectivity index (χ4v) is 1.83. The molecule has 1 aromatic rings. The molecule has 0 aromatic heterocycles. The van der Waals surface area contributed by atoms with Gasteiger partial charge in [0.1, 0.15) is 0 Å². The first kappa shape index (κ1) is 18.4. The molecule has 0 saturated heterocycles. The lowest BCUT2D eigenvalue weighted by Gasteiger charge is -2.29. The van der Waals surface area contributed by atoms with E-state index in [0.717, 1.165) is 5.56 Å². The van der Waals surface area contributed by atoms with E-state index in [9.17, 15) is 5.11 Å². The lowest BCUT2D eigenvalue weighted by Crippen LogP contribution is -2.36. The maximum Gasteiger partial charge on any atom is 0.0805 e. The Bertz CT molecular complexity index is 367. The summed E-state index contributed by atoms with van der Waals surface area (Å²) in [6, 6.07) is 8.19. The predicted molar refractivity (Wildman–Crippen MR) is 84.8 cm³/mol. The minimum atomic E-state index is -0.472. The molecule has 0 heterocycles. The number of rotatable bonds is 4. The van der Waals surface area contributed by atoms with Crippen LogP contribution in [-0.4, -0.2) is 11.1 Å². The molecule has 110 valence electrons. The molecule has 0 aliphatic carbocycles. The van der Waals surface area contributed by atoms with Gasteiger partial charge >= 0.3 is 0 Å². The van der Waals surface area contributed by atoms with Crippen LogP contribution in [0.1, 0.15) is 64.2 Å². The van der Waals surface area contributed by atoms with Gasteiger partial charge < -0.3 is 10.8 Å². The lowest BCUT2D eigenvalue weighted by atomic mass is 9.83. The smallest absolute Gasteiger partial charge is 0.0805 e. The van der Waals surface area contributed by atoms with Crippen LogP contribution >= 0.6 is 12.4 Å². The van der Waals surface area contributed by atoms with Crippen LogP contribution in [0, 0.1) is 5.41 Å². The van der Waals surface area contributed by atoms with Gasteiger partial charge in [0.05, 0.1) is 6.10 Å². The molecule has 0 aliphatic heterocycles. The van der Waals surface area contributed by atoms with Gasteiger partial charge in [-0.05, 0) is 28.9 Å². The van der Waals surface area contributed by atoms with Crippen molar-refractivity contribution in [1.29, 1.82) is 0 Å². The van der Waals surface area contributed by atoms with Gasteiger partial charge in [0, 0.05) is 6.04 Å². The third kappa shape index (κ3) is 5.52. The molecule has 1 rings (SSSR count). The summed E-state index contributed by atoms with van der Waals surface area (Å²) in [6.07, 6.45) is 0.130. The average Bonchev–Trinajstić information content (AvgIpc) is 2.27. The SMILES string of the molecule is CC(C)c1ccc([C@H](O)C[C@@H](N)C(C)(C)C)cc1.Cl. The minimum Gasteiger partial charge on any atom is -0.388 e. The van der Waals surface area contributed by atoms with Crippen molar-refractivity contribution in [2.24, 2.45) is 11.1 Å². The normalized spacial score (nSPS) is 14.9. The van der Waals surface area contributed by atoms with Crippen molar-refractivity contribution in [3.63, 3.8) is 0 Å². The topological polar surface area (TPSA) is 46.2 Å². The van der Waals surface area contributed by atoms with Crippen LogP contribution in [0.3, 0.4) is 0 Å². The monoisotopic (exact) mass is 285 g/mol. The second kappa shape index (κ2) is 7.28. The molecule has 19 heavy (non-hydrogen) atoms. The fraction of sp³-hybridized carbons (Fsp3) is 0.625. The molecule has 2 nitrogen and oxygen atoms in total. The zero-order valence-electron chi connectivity index (χ0n) is 12.7. The molecule has 0 amide bonds. The highest BCUT2D eigenvalue weighted by Crippen LogP contribution is 2.27. The number of aliphatic hydroxyl groups is 1. The quantitative estimate of drug-likeness (QED) is 0.877. The standard InChI is InChI=1S/C16H27NO.ClH/c1-11(2)12-6-8-13(9-7-12)14(18)10-15(17)16(3,4)5;/h6-9,11,14-15,18H,10,17H2,1-5H3;1H/t14-,15-;/m1./s1. The van der Waals surface area contributed by atoms with E-state index >= 15 is 0 Å². The molecule has 0 saturated carbocycles. The van der Waals surface area contributed by atoms with Crippen LogP contribution in [-0.2, 0) is 0 Å². The summed E-state index contributed by atoms with van der Waals surface area (Å²) in [5.41, 5.74) is 8.39. The fourth-order valence-electron chi connectivity index (χ4n) is 1.83. The summed E-state index contributed by atoms with van der Waals surface area (Å²) in [6.45, 7) is 10.6. The van der Waals surface area contributed by atoms with Crippen molar-refractivity contribution in [3.8, 4) is 0 Å². The molecule has 0 bridgehead atoms. The Morgan fingerprint density at radius 1 is 1.05 bits per heavy atom. The van der Waals surface area contributed by atoms with Gasteiger partial charge in [0.15, 0.2) is 0 Å². The minimum absolute atomic E-state index is 0. The Balaban J connectivity index is 0.00000324.